The molecule has 0 unspecified atom stereocenters. The molecule has 4 rings (SSSR count). The third-order valence-corrected chi connectivity index (χ3v) is 5.76. The molecule has 156 valence electrons. The fraction of sp³-hybridized carbons (Fsp3) is 0.273. The van der Waals surface area contributed by atoms with Crippen LogP contribution in [0.25, 0.3) is 0 Å². The van der Waals surface area contributed by atoms with E-state index in [1.54, 1.807) is 12.1 Å². The number of halogens is 1. The van der Waals surface area contributed by atoms with Crippen LogP contribution in [0, 0.1) is 0 Å². The Morgan fingerprint density at radius 1 is 1.17 bits per heavy atom. The molecule has 6 nitrogen and oxygen atoms in total. The lowest BCUT2D eigenvalue weighted by Crippen LogP contribution is -2.35. The molecule has 30 heavy (non-hydrogen) atoms. The molecular formula is C22H22ClN3O3S. The number of thiazole rings is 1. The highest BCUT2D eigenvalue weighted by atomic mass is 35.5. The van der Waals surface area contributed by atoms with E-state index in [4.69, 9.17) is 21.1 Å². The number of ether oxygens (including phenoxy) is 2. The van der Waals surface area contributed by atoms with Gasteiger partial charge in [0, 0.05) is 30.0 Å². The molecule has 2 heterocycles. The quantitative estimate of drug-likeness (QED) is 0.584. The number of hydrogen-bond donors (Lipinski definition) is 1. The fourth-order valence-electron chi connectivity index (χ4n) is 3.11. The van der Waals surface area contributed by atoms with Crippen LogP contribution < -0.4 is 10.1 Å². The van der Waals surface area contributed by atoms with Crippen LogP contribution in [-0.2, 0) is 17.9 Å². The highest BCUT2D eigenvalue weighted by Crippen LogP contribution is 2.23. The molecule has 1 fully saturated rings. The maximum absolute atomic E-state index is 12.8. The average Bonchev–Trinajstić information content (AvgIpc) is 3.21. The summed E-state index contributed by atoms with van der Waals surface area (Å²) >= 11 is 7.35. The second-order valence-corrected chi connectivity index (χ2v) is 8.19. The molecule has 1 amide bonds. The van der Waals surface area contributed by atoms with Crippen molar-refractivity contribution in [3.8, 4) is 5.75 Å². The van der Waals surface area contributed by atoms with Gasteiger partial charge >= 0.3 is 0 Å². The van der Waals surface area contributed by atoms with Crippen molar-refractivity contribution in [2.75, 3.05) is 31.6 Å². The van der Waals surface area contributed by atoms with E-state index in [0.29, 0.717) is 28.1 Å². The molecule has 0 saturated carbocycles. The van der Waals surface area contributed by atoms with Crippen molar-refractivity contribution < 1.29 is 14.3 Å². The van der Waals surface area contributed by atoms with Crippen LogP contribution in [-0.4, -0.2) is 42.1 Å². The Balaban J connectivity index is 1.38. The van der Waals surface area contributed by atoms with Gasteiger partial charge in [0.25, 0.3) is 5.91 Å². The maximum Gasteiger partial charge on any atom is 0.261 e. The predicted octanol–water partition coefficient (Wildman–Crippen LogP) is 4.46. The minimum Gasteiger partial charge on any atom is -0.488 e. The molecule has 1 aliphatic heterocycles. The number of rotatable bonds is 7. The second-order valence-electron chi connectivity index (χ2n) is 6.90. The first-order valence-corrected chi connectivity index (χ1v) is 11.0. The number of nitrogens with zero attached hydrogens (tertiary/aromatic N) is 2. The predicted molar refractivity (Wildman–Crippen MR) is 118 cm³/mol. The summed E-state index contributed by atoms with van der Waals surface area (Å²) in [5, 5.41) is 6.13. The third kappa shape index (κ3) is 5.58. The summed E-state index contributed by atoms with van der Waals surface area (Å²) in [5.41, 5.74) is 2.39. The summed E-state index contributed by atoms with van der Waals surface area (Å²) in [5.74, 6) is 0.282. The monoisotopic (exact) mass is 443 g/mol. The molecule has 0 radical (unpaired) electrons. The van der Waals surface area contributed by atoms with Gasteiger partial charge in [-0.15, -0.1) is 11.3 Å². The first-order chi connectivity index (χ1) is 14.7. The van der Waals surface area contributed by atoms with Gasteiger partial charge in [0.15, 0.2) is 5.13 Å². The van der Waals surface area contributed by atoms with Crippen LogP contribution in [0.3, 0.4) is 0 Å². The van der Waals surface area contributed by atoms with Crippen molar-refractivity contribution >= 4 is 34.0 Å². The smallest absolute Gasteiger partial charge is 0.261 e. The summed E-state index contributed by atoms with van der Waals surface area (Å²) in [7, 11) is 0. The zero-order valence-electron chi connectivity index (χ0n) is 16.3. The second kappa shape index (κ2) is 10.0. The standard InChI is InChI=1S/C22H22ClN3O3S/c23-17-7-5-16(6-8-17)14-29-20-4-2-1-3-19(20)21(27)25-22-24-18(15-30-22)13-26-9-11-28-12-10-26/h1-8,15H,9-14H2,(H,24,25,27). The van der Waals surface area contributed by atoms with Crippen LogP contribution in [0.1, 0.15) is 21.6 Å². The van der Waals surface area contributed by atoms with E-state index in [1.807, 2.05) is 41.8 Å². The molecule has 0 spiro atoms. The van der Waals surface area contributed by atoms with Gasteiger partial charge < -0.3 is 9.47 Å². The molecule has 2 aromatic carbocycles. The van der Waals surface area contributed by atoms with Gasteiger partial charge in [0.05, 0.1) is 24.5 Å². The lowest BCUT2D eigenvalue weighted by Gasteiger charge is -2.25. The lowest BCUT2D eigenvalue weighted by molar-refractivity contribution is 0.0337. The Labute approximate surface area is 184 Å². The number of morpholine rings is 1. The van der Waals surface area contributed by atoms with E-state index in [1.165, 1.54) is 11.3 Å². The Morgan fingerprint density at radius 3 is 2.73 bits per heavy atom. The van der Waals surface area contributed by atoms with Crippen LogP contribution >= 0.6 is 22.9 Å². The molecule has 0 atom stereocenters. The minimum atomic E-state index is -0.242. The Morgan fingerprint density at radius 2 is 1.93 bits per heavy atom. The fourth-order valence-corrected chi connectivity index (χ4v) is 3.93. The molecule has 8 heteroatoms. The Hall–Kier alpha value is -2.45. The molecule has 0 bridgehead atoms. The molecular weight excluding hydrogens is 422 g/mol. The van der Waals surface area contributed by atoms with Crippen molar-refractivity contribution in [1.82, 2.24) is 9.88 Å². The summed E-state index contributed by atoms with van der Waals surface area (Å²) < 4.78 is 11.3. The molecule has 1 aromatic heterocycles. The van der Waals surface area contributed by atoms with Gasteiger partial charge in [0.2, 0.25) is 0 Å². The number of hydrogen-bond acceptors (Lipinski definition) is 6. The topological polar surface area (TPSA) is 63.7 Å². The number of aromatic nitrogens is 1. The highest BCUT2D eigenvalue weighted by Gasteiger charge is 2.16. The van der Waals surface area contributed by atoms with Crippen LogP contribution in [0.2, 0.25) is 5.02 Å². The van der Waals surface area contributed by atoms with Gasteiger partial charge in [-0.2, -0.15) is 0 Å². The number of nitrogens with one attached hydrogen (secondary N) is 1. The SMILES string of the molecule is O=C(Nc1nc(CN2CCOCC2)cs1)c1ccccc1OCc1ccc(Cl)cc1. The van der Waals surface area contributed by atoms with Crippen molar-refractivity contribution in [3.05, 3.63) is 75.8 Å². The lowest BCUT2D eigenvalue weighted by atomic mass is 10.2. The van der Waals surface area contributed by atoms with E-state index in [0.717, 1.165) is 44.1 Å². The minimum absolute atomic E-state index is 0.242. The van der Waals surface area contributed by atoms with Crippen molar-refractivity contribution in [1.29, 1.82) is 0 Å². The molecule has 0 aliphatic carbocycles. The molecule has 3 aromatic rings. The largest absolute Gasteiger partial charge is 0.488 e. The third-order valence-electron chi connectivity index (χ3n) is 4.70. The summed E-state index contributed by atoms with van der Waals surface area (Å²) in [6.07, 6.45) is 0. The van der Waals surface area contributed by atoms with Gasteiger partial charge in [-0.25, -0.2) is 4.98 Å². The van der Waals surface area contributed by atoms with E-state index in [2.05, 4.69) is 15.2 Å². The number of benzene rings is 2. The van der Waals surface area contributed by atoms with Gasteiger partial charge in [0.1, 0.15) is 12.4 Å². The maximum atomic E-state index is 12.8. The highest BCUT2D eigenvalue weighted by molar-refractivity contribution is 7.14. The molecule has 1 N–H and O–H groups in total. The Kier molecular flexibility index (Phi) is 6.96. The zero-order chi connectivity index (χ0) is 20.8. The summed E-state index contributed by atoms with van der Waals surface area (Å²) in [4.78, 5) is 19.7. The van der Waals surface area contributed by atoms with Crippen LogP contribution in [0.5, 0.6) is 5.75 Å². The van der Waals surface area contributed by atoms with Gasteiger partial charge in [-0.1, -0.05) is 35.9 Å². The molecule has 1 aliphatic rings. The summed E-state index contributed by atoms with van der Waals surface area (Å²) in [6.45, 7) is 4.41. The normalized spacial score (nSPS) is 14.4. The van der Waals surface area contributed by atoms with Crippen molar-refractivity contribution in [2.24, 2.45) is 0 Å². The number of anilines is 1. The average molecular weight is 444 g/mol. The number of carbonyl (C=O) groups excluding carboxylic acids is 1. The zero-order valence-corrected chi connectivity index (χ0v) is 17.9. The molecule has 1 saturated heterocycles. The van der Waals surface area contributed by atoms with Crippen molar-refractivity contribution in [3.63, 3.8) is 0 Å². The van der Waals surface area contributed by atoms with Crippen LogP contribution in [0.15, 0.2) is 53.9 Å². The first-order valence-electron chi connectivity index (χ1n) is 9.69. The Bertz CT molecular complexity index is 987. The van der Waals surface area contributed by atoms with Gasteiger partial charge in [-0.05, 0) is 29.8 Å². The number of para-hydroxylation sites is 1. The van der Waals surface area contributed by atoms with Crippen LogP contribution in [0.4, 0.5) is 5.13 Å². The van der Waals surface area contributed by atoms with E-state index in [-0.39, 0.29) is 5.91 Å². The van der Waals surface area contributed by atoms with E-state index < -0.39 is 0 Å². The number of amides is 1. The van der Waals surface area contributed by atoms with Gasteiger partial charge in [-0.3, -0.25) is 15.0 Å². The van der Waals surface area contributed by atoms with E-state index in [9.17, 15) is 4.79 Å². The van der Waals surface area contributed by atoms with E-state index >= 15 is 0 Å². The van der Waals surface area contributed by atoms with Crippen molar-refractivity contribution in [2.45, 2.75) is 13.2 Å². The summed E-state index contributed by atoms with van der Waals surface area (Å²) in [6, 6.07) is 14.6. The number of carbonyl (C=O) groups is 1. The first kappa shape index (κ1) is 20.8.